The van der Waals surface area contributed by atoms with Gasteiger partial charge in [0.25, 0.3) is 5.91 Å². The highest BCUT2D eigenvalue weighted by molar-refractivity contribution is 6.34. The lowest BCUT2D eigenvalue weighted by Gasteiger charge is -2.45. The number of unbranched alkanes of at least 4 members (excludes halogenated alkanes) is 1. The number of benzene rings is 2. The normalized spacial score (nSPS) is 23.1. The van der Waals surface area contributed by atoms with Crippen LogP contribution in [-0.2, 0) is 28.0 Å². The first-order valence-electron chi connectivity index (χ1n) is 15.2. The van der Waals surface area contributed by atoms with E-state index in [9.17, 15) is 14.7 Å². The summed E-state index contributed by atoms with van der Waals surface area (Å²) < 4.78 is 11.6. The molecule has 2 aromatic carbocycles. The highest BCUT2D eigenvalue weighted by Gasteiger charge is 2.45. The van der Waals surface area contributed by atoms with E-state index in [4.69, 9.17) is 21.1 Å². The number of hydrogen-bond donors (Lipinski definition) is 2. The molecule has 6 rings (SSSR count). The second-order valence-electron chi connectivity index (χ2n) is 11.9. The molecule has 0 radical (unpaired) electrons. The van der Waals surface area contributed by atoms with E-state index in [2.05, 4.69) is 34.5 Å². The largest absolute Gasteiger partial charge is 0.496 e. The number of carbonyl (C=O) groups is 2. The fourth-order valence-electron chi connectivity index (χ4n) is 6.92. The number of rotatable bonds is 11. The van der Waals surface area contributed by atoms with Crippen molar-refractivity contribution in [3.8, 4) is 5.75 Å². The molecule has 1 amide bonds. The summed E-state index contributed by atoms with van der Waals surface area (Å²) >= 11 is 6.27. The summed E-state index contributed by atoms with van der Waals surface area (Å²) in [6, 6.07) is 11.7. The highest BCUT2D eigenvalue weighted by atomic mass is 35.5. The number of aryl methyl sites for hydroxylation is 1. The Balaban J connectivity index is 1.17. The van der Waals surface area contributed by atoms with Crippen LogP contribution in [0.15, 0.2) is 36.4 Å². The molecule has 2 aromatic rings. The number of aliphatic hydroxyl groups excluding tert-OH is 1. The zero-order chi connectivity index (χ0) is 28.8. The van der Waals surface area contributed by atoms with Crippen molar-refractivity contribution >= 4 is 23.5 Å². The molecule has 4 aliphatic rings. The number of halogens is 1. The van der Waals surface area contributed by atoms with Crippen LogP contribution in [0, 0.1) is 5.92 Å². The number of carbonyl (C=O) groups excluding carboxylic acids is 2. The first-order valence-corrected chi connectivity index (χ1v) is 15.6. The Morgan fingerprint density at radius 3 is 2.56 bits per heavy atom. The third kappa shape index (κ3) is 6.73. The van der Waals surface area contributed by atoms with Crippen LogP contribution in [0.3, 0.4) is 0 Å². The average Bonchev–Trinajstić information content (AvgIpc) is 3.01. The summed E-state index contributed by atoms with van der Waals surface area (Å²) in [4.78, 5) is 29.0. The van der Waals surface area contributed by atoms with Gasteiger partial charge in [-0.3, -0.25) is 14.5 Å². The van der Waals surface area contributed by atoms with Crippen molar-refractivity contribution in [2.75, 3.05) is 33.3 Å². The van der Waals surface area contributed by atoms with Gasteiger partial charge in [-0.15, -0.1) is 0 Å². The third-order valence-electron chi connectivity index (χ3n) is 9.39. The summed E-state index contributed by atoms with van der Waals surface area (Å²) in [6.45, 7) is 3.46. The van der Waals surface area contributed by atoms with Gasteiger partial charge in [-0.1, -0.05) is 55.1 Å². The third-order valence-corrected chi connectivity index (χ3v) is 9.71. The monoisotopic (exact) mass is 582 g/mol. The zero-order valence-corrected chi connectivity index (χ0v) is 24.9. The van der Waals surface area contributed by atoms with Crippen molar-refractivity contribution in [1.29, 1.82) is 0 Å². The number of nitrogens with one attached hydrogen (secondary N) is 1. The highest BCUT2D eigenvalue weighted by Crippen LogP contribution is 2.42. The maximum atomic E-state index is 13.8. The molecule has 8 heteroatoms. The summed E-state index contributed by atoms with van der Waals surface area (Å²) in [5.74, 6) is 0.665. The maximum absolute atomic E-state index is 13.8. The van der Waals surface area contributed by atoms with E-state index < -0.39 is 5.41 Å². The van der Waals surface area contributed by atoms with Gasteiger partial charge in [0.15, 0.2) is 0 Å². The first kappa shape index (κ1) is 29.9. The fourth-order valence-corrected chi connectivity index (χ4v) is 7.19. The maximum Gasteiger partial charge on any atom is 0.316 e. The number of esters is 1. The molecule has 3 aliphatic heterocycles. The lowest BCUT2D eigenvalue weighted by molar-refractivity contribution is -0.167. The summed E-state index contributed by atoms with van der Waals surface area (Å²) in [5, 5.41) is 12.7. The standard InChI is InChI=1S/C33H43ClN2O5/c1-40-29-20-27(28(34)19-25(29)22-37)31(38)35-15-6-3-8-23-9-7-10-26(18-23)33(13-4-2-5-14-33)32(39)41-30-21-36-16-11-24(30)12-17-36/h7,9-10,18-20,24,30,37H,2-6,8,11-17,21-22H2,1H3,(H,35,38). The SMILES string of the molecule is COc1cc(C(=O)NCCCCc2cccc(C3(C(=O)OC4CN5CCC4CC5)CCCCC3)c2)c(Cl)cc1CO. The molecule has 1 saturated carbocycles. The molecule has 222 valence electrons. The zero-order valence-electron chi connectivity index (χ0n) is 24.1. The Morgan fingerprint density at radius 2 is 1.88 bits per heavy atom. The molecule has 7 nitrogen and oxygen atoms in total. The van der Waals surface area contributed by atoms with Crippen molar-refractivity contribution in [1.82, 2.24) is 10.2 Å². The van der Waals surface area contributed by atoms with Crippen LogP contribution in [-0.4, -0.2) is 61.3 Å². The Labute approximate surface area is 248 Å². The van der Waals surface area contributed by atoms with Gasteiger partial charge in [-0.25, -0.2) is 0 Å². The molecule has 2 N–H and O–H groups in total. The lowest BCUT2D eigenvalue weighted by Crippen LogP contribution is -2.53. The molecule has 0 spiro atoms. The van der Waals surface area contributed by atoms with Crippen LogP contribution >= 0.6 is 11.6 Å². The van der Waals surface area contributed by atoms with Gasteiger partial charge in [0.05, 0.1) is 29.7 Å². The molecule has 1 atom stereocenters. The van der Waals surface area contributed by atoms with E-state index in [-0.39, 0.29) is 29.6 Å². The van der Waals surface area contributed by atoms with Gasteiger partial charge in [0.2, 0.25) is 0 Å². The van der Waals surface area contributed by atoms with E-state index in [1.165, 1.54) is 19.1 Å². The van der Waals surface area contributed by atoms with E-state index in [1.54, 1.807) is 12.1 Å². The molecule has 3 saturated heterocycles. The van der Waals surface area contributed by atoms with E-state index in [0.29, 0.717) is 29.3 Å². The van der Waals surface area contributed by atoms with Crippen LogP contribution < -0.4 is 10.1 Å². The Morgan fingerprint density at radius 1 is 1.10 bits per heavy atom. The average molecular weight is 583 g/mol. The van der Waals surface area contributed by atoms with Gasteiger partial charge in [-0.05, 0) is 87.2 Å². The molecule has 2 bridgehead atoms. The number of amides is 1. The Hall–Kier alpha value is -2.61. The Kier molecular flexibility index (Phi) is 9.89. The van der Waals surface area contributed by atoms with Crippen molar-refractivity contribution in [3.63, 3.8) is 0 Å². The molecular weight excluding hydrogens is 540 g/mol. The van der Waals surface area contributed by atoms with Crippen molar-refractivity contribution in [2.45, 2.75) is 82.3 Å². The molecule has 1 unspecified atom stereocenters. The molecule has 3 heterocycles. The molecule has 41 heavy (non-hydrogen) atoms. The van der Waals surface area contributed by atoms with E-state index in [1.807, 2.05) is 0 Å². The molecule has 1 aliphatic carbocycles. The van der Waals surface area contributed by atoms with Gasteiger partial charge < -0.3 is 19.9 Å². The van der Waals surface area contributed by atoms with Crippen molar-refractivity contribution < 1.29 is 24.2 Å². The summed E-state index contributed by atoms with van der Waals surface area (Å²) in [5.41, 5.74) is 2.64. The minimum atomic E-state index is -0.542. The van der Waals surface area contributed by atoms with Gasteiger partial charge in [0, 0.05) is 18.7 Å². The fraction of sp³-hybridized carbons (Fsp3) is 0.576. The summed E-state index contributed by atoms with van der Waals surface area (Å²) in [6.07, 6.45) is 9.88. The van der Waals surface area contributed by atoms with Gasteiger partial charge in [0.1, 0.15) is 11.9 Å². The number of methoxy groups -OCH3 is 1. The lowest BCUT2D eigenvalue weighted by atomic mass is 9.69. The second kappa shape index (κ2) is 13.6. The smallest absolute Gasteiger partial charge is 0.316 e. The number of piperidine rings is 3. The van der Waals surface area contributed by atoms with Crippen LogP contribution in [0.25, 0.3) is 0 Å². The van der Waals surface area contributed by atoms with E-state index >= 15 is 0 Å². The van der Waals surface area contributed by atoms with Crippen LogP contribution in [0.2, 0.25) is 5.02 Å². The first-order chi connectivity index (χ1) is 19.9. The van der Waals surface area contributed by atoms with E-state index in [0.717, 1.165) is 83.0 Å². The number of fused-ring (bicyclic) bond motifs is 3. The van der Waals surface area contributed by atoms with Crippen molar-refractivity contribution in [2.24, 2.45) is 5.92 Å². The minimum Gasteiger partial charge on any atom is -0.496 e. The number of nitrogens with zero attached hydrogens (tertiary/aromatic N) is 1. The number of hydrogen-bond acceptors (Lipinski definition) is 6. The van der Waals surface area contributed by atoms with Crippen molar-refractivity contribution in [3.05, 3.63) is 63.7 Å². The molecular formula is C33H43ClN2O5. The number of aliphatic hydroxyl groups is 1. The second-order valence-corrected chi connectivity index (χ2v) is 12.3. The predicted octanol–water partition coefficient (Wildman–Crippen LogP) is 5.43. The Bertz CT molecular complexity index is 1220. The van der Waals surface area contributed by atoms with Crippen LogP contribution in [0.4, 0.5) is 0 Å². The van der Waals surface area contributed by atoms with Gasteiger partial charge >= 0.3 is 5.97 Å². The number of ether oxygens (including phenoxy) is 2. The van der Waals surface area contributed by atoms with Gasteiger partial charge in [-0.2, -0.15) is 0 Å². The molecule has 0 aromatic heterocycles. The predicted molar refractivity (Wildman–Crippen MR) is 159 cm³/mol. The quantitative estimate of drug-likeness (QED) is 0.271. The topological polar surface area (TPSA) is 88.1 Å². The minimum absolute atomic E-state index is 0.0156. The summed E-state index contributed by atoms with van der Waals surface area (Å²) in [7, 11) is 1.50. The molecule has 4 fully saturated rings. The van der Waals surface area contributed by atoms with Crippen LogP contribution in [0.1, 0.15) is 84.8 Å². The van der Waals surface area contributed by atoms with Crippen LogP contribution in [0.5, 0.6) is 5.75 Å².